The number of ketones is 1. The number of halogens is 1. The number of benzene rings is 2. The van der Waals surface area contributed by atoms with Crippen LogP contribution in [0.25, 0.3) is 0 Å². The molecule has 1 nitrogen and oxygen atoms in total. The fraction of sp³-hybridized carbons (Fsp3) is 0.188. The second-order valence-electron chi connectivity index (χ2n) is 4.64. The largest absolute Gasteiger partial charge is 0.289 e. The zero-order chi connectivity index (χ0) is 13.3. The minimum Gasteiger partial charge on any atom is -0.289 e. The molecule has 0 bridgehead atoms. The van der Waals surface area contributed by atoms with Crippen molar-refractivity contribution in [2.75, 3.05) is 0 Å². The Hall–Kier alpha value is -1.41. The van der Waals surface area contributed by atoms with E-state index in [4.69, 9.17) is 0 Å². The van der Waals surface area contributed by atoms with Gasteiger partial charge in [0.05, 0.1) is 0 Å². The molecule has 0 spiro atoms. The lowest BCUT2D eigenvalue weighted by molar-refractivity contribution is 0.103. The summed E-state index contributed by atoms with van der Waals surface area (Å²) in [5.41, 5.74) is 4.77. The zero-order valence-corrected chi connectivity index (χ0v) is 12.3. The summed E-state index contributed by atoms with van der Waals surface area (Å²) in [6.07, 6.45) is 0. The molecule has 0 aliphatic heterocycles. The van der Waals surface area contributed by atoms with E-state index < -0.39 is 0 Å². The van der Waals surface area contributed by atoms with Crippen LogP contribution in [0.4, 0.5) is 0 Å². The third-order valence-corrected chi connectivity index (χ3v) is 3.97. The number of hydrogen-bond donors (Lipinski definition) is 0. The molecule has 0 saturated heterocycles. The molecule has 2 rings (SSSR count). The first-order valence-electron chi connectivity index (χ1n) is 5.87. The first kappa shape index (κ1) is 13.0. The van der Waals surface area contributed by atoms with Gasteiger partial charge in [0.25, 0.3) is 0 Å². The molecule has 0 saturated carbocycles. The zero-order valence-electron chi connectivity index (χ0n) is 10.8. The summed E-state index contributed by atoms with van der Waals surface area (Å²) in [7, 11) is 0. The lowest BCUT2D eigenvalue weighted by atomic mass is 9.98. The van der Waals surface area contributed by atoms with Crippen LogP contribution in [0.2, 0.25) is 0 Å². The smallest absolute Gasteiger partial charge is 0.194 e. The van der Waals surface area contributed by atoms with Gasteiger partial charge in [-0.1, -0.05) is 29.3 Å². The quantitative estimate of drug-likeness (QED) is 0.741. The first-order valence-corrected chi connectivity index (χ1v) is 6.66. The number of hydrogen-bond acceptors (Lipinski definition) is 1. The Balaban J connectivity index is 2.51. The Morgan fingerprint density at radius 2 is 1.61 bits per heavy atom. The van der Waals surface area contributed by atoms with Crippen LogP contribution in [-0.4, -0.2) is 5.78 Å². The van der Waals surface area contributed by atoms with Crippen LogP contribution in [-0.2, 0) is 0 Å². The van der Waals surface area contributed by atoms with Gasteiger partial charge in [0.15, 0.2) is 5.78 Å². The summed E-state index contributed by atoms with van der Waals surface area (Å²) in [6.45, 7) is 6.01. The Morgan fingerprint density at radius 3 is 2.22 bits per heavy atom. The van der Waals surface area contributed by atoms with Crippen molar-refractivity contribution in [1.29, 1.82) is 0 Å². The van der Waals surface area contributed by atoms with E-state index in [1.165, 1.54) is 0 Å². The monoisotopic (exact) mass is 302 g/mol. The maximum absolute atomic E-state index is 12.5. The highest BCUT2D eigenvalue weighted by Crippen LogP contribution is 2.24. The lowest BCUT2D eigenvalue weighted by Crippen LogP contribution is -2.04. The molecule has 0 N–H and O–H groups in total. The van der Waals surface area contributed by atoms with Gasteiger partial charge in [-0.2, -0.15) is 0 Å². The first-order chi connectivity index (χ1) is 8.49. The summed E-state index contributed by atoms with van der Waals surface area (Å²) in [5, 5.41) is 0. The molecule has 2 aromatic rings. The van der Waals surface area contributed by atoms with E-state index in [1.54, 1.807) is 0 Å². The van der Waals surface area contributed by atoms with Crippen molar-refractivity contribution < 1.29 is 4.79 Å². The fourth-order valence-electron chi connectivity index (χ4n) is 2.08. The molecule has 92 valence electrons. The normalized spacial score (nSPS) is 10.4. The summed E-state index contributed by atoms with van der Waals surface area (Å²) < 4.78 is 0.883. The van der Waals surface area contributed by atoms with Gasteiger partial charge >= 0.3 is 0 Å². The van der Waals surface area contributed by atoms with E-state index >= 15 is 0 Å². The third kappa shape index (κ3) is 2.54. The van der Waals surface area contributed by atoms with Gasteiger partial charge in [-0.25, -0.2) is 0 Å². The van der Waals surface area contributed by atoms with Crippen molar-refractivity contribution in [1.82, 2.24) is 0 Å². The minimum absolute atomic E-state index is 0.0670. The summed E-state index contributed by atoms with van der Waals surface area (Å²) >= 11 is 3.49. The maximum atomic E-state index is 12.5. The van der Waals surface area contributed by atoms with Crippen LogP contribution in [0.15, 0.2) is 40.9 Å². The van der Waals surface area contributed by atoms with Crippen molar-refractivity contribution >= 4 is 21.7 Å². The van der Waals surface area contributed by atoms with Crippen molar-refractivity contribution in [3.63, 3.8) is 0 Å². The predicted octanol–water partition coefficient (Wildman–Crippen LogP) is 4.61. The van der Waals surface area contributed by atoms with Gasteiger partial charge in [-0.05, 0) is 60.5 Å². The highest BCUT2D eigenvalue weighted by atomic mass is 79.9. The molecule has 2 heteroatoms. The highest BCUT2D eigenvalue weighted by molar-refractivity contribution is 9.10. The molecule has 0 unspecified atom stereocenters. The van der Waals surface area contributed by atoms with Gasteiger partial charge in [0, 0.05) is 15.6 Å². The van der Waals surface area contributed by atoms with Crippen LogP contribution in [0, 0.1) is 20.8 Å². The molecule has 0 fully saturated rings. The standard InChI is InChI=1S/C16H15BrO/c1-10-7-11(2)9-13(8-10)16(18)14-6-4-5-12(3)15(14)17/h4-9H,1-3H3. The van der Waals surface area contributed by atoms with E-state index in [0.29, 0.717) is 0 Å². The number of carbonyl (C=O) groups excluding carboxylic acids is 1. The lowest BCUT2D eigenvalue weighted by Gasteiger charge is -2.08. The molecule has 0 radical (unpaired) electrons. The molecule has 0 amide bonds. The minimum atomic E-state index is 0.0670. The van der Waals surface area contributed by atoms with Crippen LogP contribution in [0.1, 0.15) is 32.6 Å². The molecular formula is C16H15BrO. The number of aryl methyl sites for hydroxylation is 3. The second-order valence-corrected chi connectivity index (χ2v) is 5.43. The molecular weight excluding hydrogens is 288 g/mol. The van der Waals surface area contributed by atoms with Crippen LogP contribution < -0.4 is 0 Å². The predicted molar refractivity (Wildman–Crippen MR) is 78.2 cm³/mol. The molecule has 18 heavy (non-hydrogen) atoms. The van der Waals surface area contributed by atoms with Crippen molar-refractivity contribution in [3.05, 3.63) is 68.7 Å². The van der Waals surface area contributed by atoms with Gasteiger partial charge in [-0.3, -0.25) is 4.79 Å². The fourth-order valence-corrected chi connectivity index (χ4v) is 2.53. The summed E-state index contributed by atoms with van der Waals surface area (Å²) in [6, 6.07) is 11.7. The molecule has 0 heterocycles. The van der Waals surface area contributed by atoms with E-state index in [0.717, 1.165) is 32.3 Å². The van der Waals surface area contributed by atoms with E-state index in [1.807, 2.05) is 51.1 Å². The van der Waals surface area contributed by atoms with Crippen molar-refractivity contribution in [2.45, 2.75) is 20.8 Å². The average Bonchev–Trinajstić information content (AvgIpc) is 2.30. The van der Waals surface area contributed by atoms with Crippen LogP contribution >= 0.6 is 15.9 Å². The van der Waals surface area contributed by atoms with Crippen LogP contribution in [0.5, 0.6) is 0 Å². The SMILES string of the molecule is Cc1cc(C)cc(C(=O)c2cccc(C)c2Br)c1. The topological polar surface area (TPSA) is 17.1 Å². The number of rotatable bonds is 2. The molecule has 0 aliphatic carbocycles. The van der Waals surface area contributed by atoms with Gasteiger partial charge in [-0.15, -0.1) is 0 Å². The van der Waals surface area contributed by atoms with Crippen LogP contribution in [0.3, 0.4) is 0 Å². The second kappa shape index (κ2) is 5.07. The molecule has 0 atom stereocenters. The maximum Gasteiger partial charge on any atom is 0.194 e. The number of carbonyl (C=O) groups is 1. The Kier molecular flexibility index (Phi) is 3.67. The molecule has 0 aromatic heterocycles. The third-order valence-electron chi connectivity index (χ3n) is 2.92. The molecule has 0 aliphatic rings. The Bertz CT molecular complexity index is 594. The Morgan fingerprint density at radius 1 is 1.00 bits per heavy atom. The van der Waals surface area contributed by atoms with Crippen molar-refractivity contribution in [3.8, 4) is 0 Å². The van der Waals surface area contributed by atoms with Gasteiger partial charge in [0.1, 0.15) is 0 Å². The summed E-state index contributed by atoms with van der Waals surface area (Å²) in [4.78, 5) is 12.5. The van der Waals surface area contributed by atoms with E-state index in [2.05, 4.69) is 22.0 Å². The van der Waals surface area contributed by atoms with E-state index in [9.17, 15) is 4.79 Å². The molecule has 2 aromatic carbocycles. The Labute approximate surface area is 116 Å². The average molecular weight is 303 g/mol. The van der Waals surface area contributed by atoms with Crippen molar-refractivity contribution in [2.24, 2.45) is 0 Å². The summed E-state index contributed by atoms with van der Waals surface area (Å²) in [5.74, 6) is 0.0670. The van der Waals surface area contributed by atoms with E-state index in [-0.39, 0.29) is 5.78 Å². The highest BCUT2D eigenvalue weighted by Gasteiger charge is 2.14. The van der Waals surface area contributed by atoms with Gasteiger partial charge < -0.3 is 0 Å². The van der Waals surface area contributed by atoms with Gasteiger partial charge in [0.2, 0.25) is 0 Å².